The third kappa shape index (κ3) is 4.56. The van der Waals surface area contributed by atoms with Gasteiger partial charge >= 0.3 is 6.61 Å². The number of alkyl halides is 2. The lowest BCUT2D eigenvalue weighted by atomic mass is 10.1. The summed E-state index contributed by atoms with van der Waals surface area (Å²) < 4.78 is 28.5. The van der Waals surface area contributed by atoms with Gasteiger partial charge in [-0.1, -0.05) is 41.4 Å². The van der Waals surface area contributed by atoms with Gasteiger partial charge in [-0.2, -0.15) is 8.78 Å². The highest BCUT2D eigenvalue weighted by Gasteiger charge is 2.16. The SMILES string of the molecule is CC(NC(=O)c1cccc(Cl)c1Cl)c1ccc(OC(F)F)cc1. The van der Waals surface area contributed by atoms with Gasteiger partial charge in [0.05, 0.1) is 21.7 Å². The van der Waals surface area contributed by atoms with E-state index < -0.39 is 6.61 Å². The predicted octanol–water partition coefficient (Wildman–Crippen LogP) is 5.09. The Bertz CT molecular complexity index is 693. The van der Waals surface area contributed by atoms with Crippen LogP contribution in [-0.4, -0.2) is 12.5 Å². The van der Waals surface area contributed by atoms with E-state index >= 15 is 0 Å². The molecular weight excluding hydrogens is 347 g/mol. The number of carbonyl (C=O) groups is 1. The molecule has 0 aliphatic rings. The second kappa shape index (κ2) is 7.62. The smallest absolute Gasteiger partial charge is 0.387 e. The predicted molar refractivity (Wildman–Crippen MR) is 85.4 cm³/mol. The summed E-state index contributed by atoms with van der Waals surface area (Å²) in [5.41, 5.74) is 1.00. The van der Waals surface area contributed by atoms with E-state index in [4.69, 9.17) is 23.2 Å². The van der Waals surface area contributed by atoms with Crippen LogP contribution in [0.5, 0.6) is 5.75 Å². The number of nitrogens with one attached hydrogen (secondary N) is 1. The lowest BCUT2D eigenvalue weighted by Crippen LogP contribution is -2.26. The Morgan fingerprint density at radius 1 is 1.13 bits per heavy atom. The molecule has 0 saturated heterocycles. The van der Waals surface area contributed by atoms with E-state index in [0.717, 1.165) is 5.56 Å². The van der Waals surface area contributed by atoms with Crippen molar-refractivity contribution < 1.29 is 18.3 Å². The van der Waals surface area contributed by atoms with E-state index in [2.05, 4.69) is 10.1 Å². The highest BCUT2D eigenvalue weighted by molar-refractivity contribution is 6.43. The number of amides is 1. The van der Waals surface area contributed by atoms with E-state index in [9.17, 15) is 13.6 Å². The highest BCUT2D eigenvalue weighted by Crippen LogP contribution is 2.26. The maximum atomic E-state index is 12.2. The number of benzene rings is 2. The van der Waals surface area contributed by atoms with Crippen LogP contribution in [0.25, 0.3) is 0 Å². The first-order valence-electron chi connectivity index (χ1n) is 6.68. The molecule has 2 rings (SSSR count). The monoisotopic (exact) mass is 359 g/mol. The number of hydrogen-bond acceptors (Lipinski definition) is 2. The van der Waals surface area contributed by atoms with Gasteiger partial charge in [0.1, 0.15) is 5.75 Å². The summed E-state index contributed by atoms with van der Waals surface area (Å²) in [7, 11) is 0. The number of halogens is 4. The molecule has 2 aromatic rings. The fourth-order valence-electron chi connectivity index (χ4n) is 1.97. The average molecular weight is 360 g/mol. The first-order chi connectivity index (χ1) is 10.9. The quantitative estimate of drug-likeness (QED) is 0.807. The van der Waals surface area contributed by atoms with Crippen LogP contribution in [0.2, 0.25) is 10.0 Å². The number of carbonyl (C=O) groups excluding carboxylic acids is 1. The Balaban J connectivity index is 2.07. The average Bonchev–Trinajstić information content (AvgIpc) is 2.50. The topological polar surface area (TPSA) is 38.3 Å². The molecule has 0 fully saturated rings. The lowest BCUT2D eigenvalue weighted by molar-refractivity contribution is -0.0498. The van der Waals surface area contributed by atoms with Crippen LogP contribution in [0, 0.1) is 0 Å². The Morgan fingerprint density at radius 2 is 1.78 bits per heavy atom. The second-order valence-electron chi connectivity index (χ2n) is 4.74. The summed E-state index contributed by atoms with van der Waals surface area (Å²) in [4.78, 5) is 12.2. The summed E-state index contributed by atoms with van der Waals surface area (Å²) in [5, 5.41) is 3.24. The van der Waals surface area contributed by atoms with Crippen molar-refractivity contribution in [1.82, 2.24) is 5.32 Å². The molecular formula is C16H13Cl2F2NO2. The van der Waals surface area contributed by atoms with Crippen molar-refractivity contribution in [2.45, 2.75) is 19.6 Å². The molecule has 0 saturated carbocycles. The van der Waals surface area contributed by atoms with E-state index in [1.54, 1.807) is 37.3 Å². The van der Waals surface area contributed by atoms with Crippen molar-refractivity contribution in [3.8, 4) is 5.75 Å². The van der Waals surface area contributed by atoms with Gasteiger partial charge in [0.25, 0.3) is 5.91 Å². The van der Waals surface area contributed by atoms with Gasteiger partial charge in [-0.15, -0.1) is 0 Å². The van der Waals surface area contributed by atoms with Crippen LogP contribution >= 0.6 is 23.2 Å². The minimum Gasteiger partial charge on any atom is -0.435 e. The molecule has 1 atom stereocenters. The van der Waals surface area contributed by atoms with Crippen LogP contribution < -0.4 is 10.1 Å². The van der Waals surface area contributed by atoms with E-state index in [1.165, 1.54) is 12.1 Å². The largest absolute Gasteiger partial charge is 0.435 e. The van der Waals surface area contributed by atoms with E-state index in [-0.39, 0.29) is 28.3 Å². The first kappa shape index (κ1) is 17.5. The van der Waals surface area contributed by atoms with Gasteiger partial charge in [-0.25, -0.2) is 0 Å². The molecule has 1 unspecified atom stereocenters. The molecule has 1 N–H and O–H groups in total. The Hall–Kier alpha value is -1.85. The van der Waals surface area contributed by atoms with E-state index in [1.807, 2.05) is 0 Å². The molecule has 0 radical (unpaired) electrons. The third-order valence-corrected chi connectivity index (χ3v) is 3.97. The molecule has 0 aliphatic heterocycles. The number of hydrogen-bond donors (Lipinski definition) is 1. The summed E-state index contributed by atoms with van der Waals surface area (Å²) in [6.45, 7) is -1.11. The fourth-order valence-corrected chi connectivity index (χ4v) is 2.36. The summed E-state index contributed by atoms with van der Waals surface area (Å²) in [6, 6.07) is 10.5. The molecule has 0 heterocycles. The van der Waals surface area contributed by atoms with Crippen LogP contribution in [0.3, 0.4) is 0 Å². The van der Waals surface area contributed by atoms with Crippen LogP contribution in [0.4, 0.5) is 8.78 Å². The van der Waals surface area contributed by atoms with Gasteiger partial charge in [-0.3, -0.25) is 4.79 Å². The van der Waals surface area contributed by atoms with Gasteiger partial charge < -0.3 is 10.1 Å². The Kier molecular flexibility index (Phi) is 5.80. The van der Waals surface area contributed by atoms with Crippen molar-refractivity contribution in [2.24, 2.45) is 0 Å². The molecule has 23 heavy (non-hydrogen) atoms. The first-order valence-corrected chi connectivity index (χ1v) is 7.43. The van der Waals surface area contributed by atoms with E-state index in [0.29, 0.717) is 5.02 Å². The minimum absolute atomic E-state index is 0.0557. The van der Waals surface area contributed by atoms with Crippen molar-refractivity contribution in [3.05, 3.63) is 63.6 Å². The zero-order chi connectivity index (χ0) is 17.0. The minimum atomic E-state index is -2.87. The van der Waals surface area contributed by atoms with Gasteiger partial charge in [0.2, 0.25) is 0 Å². The van der Waals surface area contributed by atoms with Crippen molar-refractivity contribution in [3.63, 3.8) is 0 Å². The van der Waals surface area contributed by atoms with Crippen LogP contribution in [0.15, 0.2) is 42.5 Å². The van der Waals surface area contributed by atoms with Crippen molar-refractivity contribution in [1.29, 1.82) is 0 Å². The highest BCUT2D eigenvalue weighted by atomic mass is 35.5. The summed E-state index contributed by atoms with van der Waals surface area (Å²) in [6.07, 6.45) is 0. The van der Waals surface area contributed by atoms with Gasteiger partial charge in [-0.05, 0) is 36.8 Å². The van der Waals surface area contributed by atoms with Gasteiger partial charge in [0, 0.05) is 0 Å². The standard InChI is InChI=1S/C16H13Cl2F2NO2/c1-9(10-5-7-11(8-6-10)23-16(19)20)21-15(22)12-3-2-4-13(17)14(12)18/h2-9,16H,1H3,(H,21,22). The normalized spacial score (nSPS) is 12.1. The zero-order valence-electron chi connectivity index (χ0n) is 12.0. The third-order valence-electron chi connectivity index (χ3n) is 3.15. The van der Waals surface area contributed by atoms with Crippen molar-refractivity contribution in [2.75, 3.05) is 0 Å². The number of ether oxygens (including phenoxy) is 1. The van der Waals surface area contributed by atoms with Crippen LogP contribution in [0.1, 0.15) is 28.9 Å². The second-order valence-corrected chi connectivity index (χ2v) is 5.53. The molecule has 0 bridgehead atoms. The molecule has 0 spiro atoms. The fraction of sp³-hybridized carbons (Fsp3) is 0.188. The molecule has 0 aromatic heterocycles. The van der Waals surface area contributed by atoms with Gasteiger partial charge in [0.15, 0.2) is 0 Å². The zero-order valence-corrected chi connectivity index (χ0v) is 13.5. The molecule has 0 aliphatic carbocycles. The molecule has 122 valence electrons. The van der Waals surface area contributed by atoms with Crippen molar-refractivity contribution >= 4 is 29.1 Å². The Labute approximate surface area is 142 Å². The lowest BCUT2D eigenvalue weighted by Gasteiger charge is -2.16. The summed E-state index contributed by atoms with van der Waals surface area (Å²) >= 11 is 11.9. The molecule has 3 nitrogen and oxygen atoms in total. The maximum absolute atomic E-state index is 12.2. The number of rotatable bonds is 5. The molecule has 7 heteroatoms. The van der Waals surface area contributed by atoms with Crippen LogP contribution in [-0.2, 0) is 0 Å². The summed E-state index contributed by atoms with van der Waals surface area (Å²) in [5.74, 6) is -0.321. The molecule has 2 aromatic carbocycles. The maximum Gasteiger partial charge on any atom is 0.387 e. The molecule has 1 amide bonds. The Morgan fingerprint density at radius 3 is 2.39 bits per heavy atom.